The van der Waals surface area contributed by atoms with Crippen molar-refractivity contribution in [3.8, 4) is 11.5 Å². The van der Waals surface area contributed by atoms with Crippen LogP contribution in [0.4, 0.5) is 0 Å². The van der Waals surface area contributed by atoms with Gasteiger partial charge in [0.1, 0.15) is 16.4 Å². The predicted molar refractivity (Wildman–Crippen MR) is 98.4 cm³/mol. The van der Waals surface area contributed by atoms with Crippen molar-refractivity contribution in [2.24, 2.45) is 5.92 Å². The van der Waals surface area contributed by atoms with Gasteiger partial charge < -0.3 is 19.5 Å². The van der Waals surface area contributed by atoms with Crippen LogP contribution in [0.3, 0.4) is 0 Å². The Hall–Kier alpha value is -1.84. The van der Waals surface area contributed by atoms with E-state index in [1.165, 1.54) is 24.6 Å². The van der Waals surface area contributed by atoms with Gasteiger partial charge in [0.2, 0.25) is 15.9 Å². The molecule has 1 N–H and O–H groups in total. The normalized spacial score (nSPS) is 24.7. The fourth-order valence-electron chi connectivity index (χ4n) is 3.80. The van der Waals surface area contributed by atoms with Gasteiger partial charge in [-0.2, -0.15) is 4.31 Å². The Kier molecular flexibility index (Phi) is 6.23. The lowest BCUT2D eigenvalue weighted by atomic mass is 10.0. The second-order valence-corrected chi connectivity index (χ2v) is 8.50. The van der Waals surface area contributed by atoms with Crippen LogP contribution in [-0.4, -0.2) is 65.2 Å². The second kappa shape index (κ2) is 8.45. The Labute approximate surface area is 159 Å². The maximum Gasteiger partial charge on any atom is 0.247 e. The van der Waals surface area contributed by atoms with Crippen molar-refractivity contribution in [1.82, 2.24) is 9.62 Å². The molecule has 2 aliphatic rings. The van der Waals surface area contributed by atoms with E-state index >= 15 is 0 Å². The Morgan fingerprint density at radius 1 is 1.19 bits per heavy atom. The minimum atomic E-state index is -3.91. The molecule has 1 saturated heterocycles. The van der Waals surface area contributed by atoms with Gasteiger partial charge in [-0.3, -0.25) is 4.79 Å². The molecule has 1 aromatic carbocycles. The van der Waals surface area contributed by atoms with Gasteiger partial charge in [-0.05, 0) is 25.0 Å². The van der Waals surface area contributed by atoms with E-state index in [4.69, 9.17) is 14.2 Å². The zero-order valence-electron chi connectivity index (χ0n) is 15.6. The van der Waals surface area contributed by atoms with E-state index < -0.39 is 16.1 Å². The summed E-state index contributed by atoms with van der Waals surface area (Å²) in [5.41, 5.74) is 0. The van der Waals surface area contributed by atoms with E-state index in [0.29, 0.717) is 31.7 Å². The number of benzene rings is 1. The van der Waals surface area contributed by atoms with Crippen molar-refractivity contribution in [1.29, 1.82) is 0 Å². The minimum Gasteiger partial charge on any atom is -0.497 e. The van der Waals surface area contributed by atoms with Crippen LogP contribution in [0.1, 0.15) is 19.3 Å². The first-order valence-electron chi connectivity index (χ1n) is 9.08. The molecule has 1 aromatic rings. The van der Waals surface area contributed by atoms with Gasteiger partial charge >= 0.3 is 0 Å². The van der Waals surface area contributed by atoms with E-state index in [0.717, 1.165) is 6.42 Å². The number of hydrogen-bond acceptors (Lipinski definition) is 6. The second-order valence-electron chi connectivity index (χ2n) is 6.64. The maximum atomic E-state index is 13.6. The molecule has 1 amide bonds. The van der Waals surface area contributed by atoms with Crippen LogP contribution < -0.4 is 14.8 Å². The summed E-state index contributed by atoms with van der Waals surface area (Å²) in [5.74, 6) is 0.204. The Balaban J connectivity index is 2.03. The number of hydrogen-bond donors (Lipinski definition) is 1. The molecule has 8 nitrogen and oxygen atoms in total. The molecule has 0 bridgehead atoms. The van der Waals surface area contributed by atoms with Gasteiger partial charge in [-0.1, -0.05) is 6.42 Å². The van der Waals surface area contributed by atoms with Crippen molar-refractivity contribution in [2.75, 3.05) is 40.5 Å². The van der Waals surface area contributed by atoms with Gasteiger partial charge in [-0.15, -0.1) is 0 Å². The third-order valence-corrected chi connectivity index (χ3v) is 7.09. The number of nitrogens with one attached hydrogen (secondary N) is 1. The molecule has 27 heavy (non-hydrogen) atoms. The van der Waals surface area contributed by atoms with Crippen molar-refractivity contribution in [3.05, 3.63) is 18.2 Å². The van der Waals surface area contributed by atoms with E-state index in [-0.39, 0.29) is 35.6 Å². The predicted octanol–water partition coefficient (Wildman–Crippen LogP) is 1.01. The lowest BCUT2D eigenvalue weighted by Crippen LogP contribution is -2.49. The molecule has 2 fully saturated rings. The van der Waals surface area contributed by atoms with E-state index in [9.17, 15) is 13.2 Å². The van der Waals surface area contributed by atoms with Gasteiger partial charge in [0.05, 0.1) is 33.4 Å². The molecule has 1 heterocycles. The van der Waals surface area contributed by atoms with Crippen LogP contribution in [0.15, 0.2) is 23.1 Å². The standard InChI is InChI=1S/C18H26N2O6S/c1-24-13-6-7-16(25-2)17(12-13)27(22,23)20-9-11-26-10-8-19-18(21)14-4-3-5-15(14)20/h6-7,12,14-15H,3-5,8-11H2,1-2H3,(H,19,21). The summed E-state index contributed by atoms with van der Waals surface area (Å²) in [5, 5.41) is 2.85. The van der Waals surface area contributed by atoms with Gasteiger partial charge in [0, 0.05) is 25.2 Å². The molecule has 0 aromatic heterocycles. The summed E-state index contributed by atoms with van der Waals surface area (Å²) < 4.78 is 44.5. The number of fused-ring (bicyclic) bond motifs is 1. The highest BCUT2D eigenvalue weighted by atomic mass is 32.2. The lowest BCUT2D eigenvalue weighted by molar-refractivity contribution is -0.126. The van der Waals surface area contributed by atoms with E-state index in [2.05, 4.69) is 5.32 Å². The highest BCUT2D eigenvalue weighted by Crippen LogP contribution is 2.37. The number of ether oxygens (including phenoxy) is 3. The van der Waals surface area contributed by atoms with Crippen LogP contribution in [-0.2, 0) is 19.6 Å². The quantitative estimate of drug-likeness (QED) is 0.814. The molecular weight excluding hydrogens is 372 g/mol. The Bertz CT molecular complexity index is 782. The fourth-order valence-corrected chi connectivity index (χ4v) is 5.65. The SMILES string of the molecule is COc1ccc(OC)c(S(=O)(=O)N2CCOCCNC(=O)C3CCCC32)c1. The van der Waals surface area contributed by atoms with Crippen LogP contribution in [0, 0.1) is 5.92 Å². The number of carbonyl (C=O) groups excluding carboxylic acids is 1. The van der Waals surface area contributed by atoms with Gasteiger partial charge in [0.25, 0.3) is 0 Å². The maximum absolute atomic E-state index is 13.6. The molecule has 1 aliphatic heterocycles. The average molecular weight is 398 g/mol. The zero-order chi connectivity index (χ0) is 19.4. The number of rotatable bonds is 4. The number of nitrogens with zero attached hydrogens (tertiary/aromatic N) is 1. The topological polar surface area (TPSA) is 94.2 Å². The van der Waals surface area contributed by atoms with Crippen LogP contribution in [0.2, 0.25) is 0 Å². The van der Waals surface area contributed by atoms with Crippen molar-refractivity contribution >= 4 is 15.9 Å². The molecule has 150 valence electrons. The third-order valence-electron chi connectivity index (χ3n) is 5.15. The highest BCUT2D eigenvalue weighted by molar-refractivity contribution is 7.89. The molecule has 0 spiro atoms. The highest BCUT2D eigenvalue weighted by Gasteiger charge is 2.43. The fraction of sp³-hybridized carbons (Fsp3) is 0.611. The average Bonchev–Trinajstić information content (AvgIpc) is 3.15. The number of amides is 1. The van der Waals surface area contributed by atoms with Crippen LogP contribution in [0.25, 0.3) is 0 Å². The molecule has 2 unspecified atom stereocenters. The first-order chi connectivity index (χ1) is 13.0. The number of carbonyl (C=O) groups is 1. The first-order valence-corrected chi connectivity index (χ1v) is 10.5. The van der Waals surface area contributed by atoms with Crippen LogP contribution in [0.5, 0.6) is 11.5 Å². The third kappa shape index (κ3) is 4.04. The van der Waals surface area contributed by atoms with Crippen LogP contribution >= 0.6 is 0 Å². The minimum absolute atomic E-state index is 0.0347. The van der Waals surface area contributed by atoms with Gasteiger partial charge in [0.15, 0.2) is 0 Å². The van der Waals surface area contributed by atoms with Crippen molar-refractivity contribution in [3.63, 3.8) is 0 Å². The molecule has 1 saturated carbocycles. The van der Waals surface area contributed by atoms with E-state index in [1.54, 1.807) is 12.1 Å². The largest absolute Gasteiger partial charge is 0.497 e. The van der Waals surface area contributed by atoms with Gasteiger partial charge in [-0.25, -0.2) is 8.42 Å². The summed E-state index contributed by atoms with van der Waals surface area (Å²) >= 11 is 0. The molecule has 1 aliphatic carbocycles. The number of methoxy groups -OCH3 is 2. The molecular formula is C18H26N2O6S. The summed E-state index contributed by atoms with van der Waals surface area (Å²) in [6.07, 6.45) is 2.13. The smallest absolute Gasteiger partial charge is 0.247 e. The van der Waals surface area contributed by atoms with E-state index in [1.807, 2.05) is 0 Å². The molecule has 0 radical (unpaired) electrons. The molecule has 3 rings (SSSR count). The first kappa shape index (κ1) is 19.9. The lowest BCUT2D eigenvalue weighted by Gasteiger charge is -2.33. The monoisotopic (exact) mass is 398 g/mol. The summed E-state index contributed by atoms with van der Waals surface area (Å²) in [4.78, 5) is 12.5. The van der Waals surface area contributed by atoms with Crippen molar-refractivity contribution < 1.29 is 27.4 Å². The van der Waals surface area contributed by atoms with Crippen molar-refractivity contribution in [2.45, 2.75) is 30.2 Å². The summed E-state index contributed by atoms with van der Waals surface area (Å²) in [6, 6.07) is 4.28. The summed E-state index contributed by atoms with van der Waals surface area (Å²) in [6.45, 7) is 1.26. The molecule has 9 heteroatoms. The molecule has 2 atom stereocenters. The number of sulfonamides is 1. The Morgan fingerprint density at radius 3 is 2.74 bits per heavy atom. The Morgan fingerprint density at radius 2 is 2.00 bits per heavy atom. The summed E-state index contributed by atoms with van der Waals surface area (Å²) in [7, 11) is -1.01. The zero-order valence-corrected chi connectivity index (χ0v) is 16.5.